The summed E-state index contributed by atoms with van der Waals surface area (Å²) >= 11 is 0. The first-order valence-corrected chi connectivity index (χ1v) is 11.5. The van der Waals surface area contributed by atoms with E-state index in [0.29, 0.717) is 0 Å². The maximum absolute atomic E-state index is 14.0. The van der Waals surface area contributed by atoms with Crippen molar-refractivity contribution in [2.75, 3.05) is 12.4 Å². The number of hydrogen-bond acceptors (Lipinski definition) is 4. The van der Waals surface area contributed by atoms with E-state index in [2.05, 4.69) is 10.0 Å². The van der Waals surface area contributed by atoms with Gasteiger partial charge in [0.05, 0.1) is 12.8 Å². The van der Waals surface area contributed by atoms with Crippen LogP contribution in [0.15, 0.2) is 41.3 Å². The Morgan fingerprint density at radius 3 is 2.57 bits per heavy atom. The van der Waals surface area contributed by atoms with Gasteiger partial charge in [-0.3, -0.25) is 4.79 Å². The first kappa shape index (κ1) is 22.2. The number of benzene rings is 2. The topological polar surface area (TPSA) is 84.5 Å². The molecule has 0 aliphatic heterocycles. The minimum atomic E-state index is -3.91. The van der Waals surface area contributed by atoms with E-state index in [1.165, 1.54) is 37.4 Å². The number of amides is 1. The maximum Gasteiger partial charge on any atom is 0.255 e. The molecule has 3 rings (SSSR count). The molecule has 2 aromatic carbocycles. The second kappa shape index (κ2) is 9.14. The van der Waals surface area contributed by atoms with Crippen LogP contribution in [0.25, 0.3) is 0 Å². The van der Waals surface area contributed by atoms with E-state index in [1.54, 1.807) is 13.0 Å². The largest absolute Gasteiger partial charge is 0.495 e. The van der Waals surface area contributed by atoms with Gasteiger partial charge in [-0.05, 0) is 61.6 Å². The van der Waals surface area contributed by atoms with E-state index < -0.39 is 21.7 Å². The van der Waals surface area contributed by atoms with E-state index in [0.717, 1.165) is 31.2 Å². The Bertz CT molecular complexity index is 1040. The highest BCUT2D eigenvalue weighted by Crippen LogP contribution is 2.29. The molecule has 0 radical (unpaired) electrons. The van der Waals surface area contributed by atoms with Gasteiger partial charge in [-0.15, -0.1) is 0 Å². The predicted octanol–water partition coefficient (Wildman–Crippen LogP) is 4.25. The van der Waals surface area contributed by atoms with Gasteiger partial charge in [0.1, 0.15) is 16.5 Å². The lowest BCUT2D eigenvalue weighted by molar-refractivity contribution is 0.102. The molecule has 1 amide bonds. The fraction of sp³-hybridized carbons (Fsp3) is 0.409. The van der Waals surface area contributed by atoms with Crippen molar-refractivity contribution in [1.82, 2.24) is 4.72 Å². The number of aryl methyl sites for hydroxylation is 1. The van der Waals surface area contributed by atoms with Crippen LogP contribution in [0.5, 0.6) is 5.75 Å². The second-order valence-electron chi connectivity index (χ2n) is 7.79. The van der Waals surface area contributed by atoms with E-state index in [1.807, 2.05) is 6.92 Å². The number of nitrogens with one attached hydrogen (secondary N) is 2. The van der Waals surface area contributed by atoms with Crippen molar-refractivity contribution in [2.24, 2.45) is 5.92 Å². The zero-order valence-corrected chi connectivity index (χ0v) is 18.2. The summed E-state index contributed by atoms with van der Waals surface area (Å²) in [5.74, 6) is -0.799. The minimum Gasteiger partial charge on any atom is -0.495 e. The molecule has 0 heterocycles. The van der Waals surface area contributed by atoms with E-state index in [4.69, 9.17) is 4.74 Å². The van der Waals surface area contributed by atoms with Gasteiger partial charge in [-0.2, -0.15) is 0 Å². The van der Waals surface area contributed by atoms with Gasteiger partial charge in [0.25, 0.3) is 5.91 Å². The van der Waals surface area contributed by atoms with Crippen molar-refractivity contribution in [3.8, 4) is 5.75 Å². The SMILES string of the molecule is COc1ccc(C(=O)Nc2cc(C)ccc2F)cc1S(=O)(=O)NC1CCCCC1C. The summed E-state index contributed by atoms with van der Waals surface area (Å²) in [6.07, 6.45) is 3.80. The summed E-state index contributed by atoms with van der Waals surface area (Å²) in [7, 11) is -2.53. The third-order valence-corrected chi connectivity index (χ3v) is 7.01. The molecular formula is C22H27FN2O4S. The van der Waals surface area contributed by atoms with Crippen molar-refractivity contribution in [2.45, 2.75) is 50.5 Å². The molecule has 0 bridgehead atoms. The van der Waals surface area contributed by atoms with Gasteiger partial charge in [0.15, 0.2) is 0 Å². The Morgan fingerprint density at radius 2 is 1.87 bits per heavy atom. The van der Waals surface area contributed by atoms with Gasteiger partial charge < -0.3 is 10.1 Å². The van der Waals surface area contributed by atoms with Crippen LogP contribution < -0.4 is 14.8 Å². The monoisotopic (exact) mass is 434 g/mol. The lowest BCUT2D eigenvalue weighted by Crippen LogP contribution is -2.41. The number of anilines is 1. The number of carbonyl (C=O) groups excluding carboxylic acids is 1. The quantitative estimate of drug-likeness (QED) is 0.712. The van der Waals surface area contributed by atoms with Crippen LogP contribution in [-0.2, 0) is 10.0 Å². The molecule has 0 aromatic heterocycles. The van der Waals surface area contributed by atoms with Crippen molar-refractivity contribution in [3.05, 3.63) is 53.3 Å². The molecule has 0 spiro atoms. The molecule has 1 fully saturated rings. The smallest absolute Gasteiger partial charge is 0.255 e. The number of methoxy groups -OCH3 is 1. The molecule has 1 aliphatic rings. The van der Waals surface area contributed by atoms with Gasteiger partial charge >= 0.3 is 0 Å². The van der Waals surface area contributed by atoms with Crippen LogP contribution >= 0.6 is 0 Å². The summed E-state index contributed by atoms with van der Waals surface area (Å²) in [5.41, 5.74) is 0.915. The average Bonchev–Trinajstić information content (AvgIpc) is 2.71. The number of hydrogen-bond donors (Lipinski definition) is 2. The molecule has 0 saturated heterocycles. The van der Waals surface area contributed by atoms with Crippen LogP contribution in [0.1, 0.15) is 48.5 Å². The van der Waals surface area contributed by atoms with E-state index in [-0.39, 0.29) is 33.9 Å². The Kier molecular flexibility index (Phi) is 6.77. The lowest BCUT2D eigenvalue weighted by atomic mass is 9.87. The summed E-state index contributed by atoms with van der Waals surface area (Å²) in [6.45, 7) is 3.81. The Balaban J connectivity index is 1.89. The number of ether oxygens (including phenoxy) is 1. The second-order valence-corrected chi connectivity index (χ2v) is 9.47. The maximum atomic E-state index is 14.0. The highest BCUT2D eigenvalue weighted by Gasteiger charge is 2.29. The van der Waals surface area contributed by atoms with Gasteiger partial charge in [0, 0.05) is 11.6 Å². The van der Waals surface area contributed by atoms with Crippen LogP contribution in [0.2, 0.25) is 0 Å². The van der Waals surface area contributed by atoms with E-state index in [9.17, 15) is 17.6 Å². The molecule has 2 atom stereocenters. The summed E-state index contributed by atoms with van der Waals surface area (Å²) in [4.78, 5) is 12.6. The third-order valence-electron chi connectivity index (χ3n) is 5.50. The van der Waals surface area contributed by atoms with Crippen LogP contribution in [-0.4, -0.2) is 27.5 Å². The highest BCUT2D eigenvalue weighted by molar-refractivity contribution is 7.89. The normalized spacial score (nSPS) is 19.3. The molecule has 6 nitrogen and oxygen atoms in total. The molecule has 1 aliphatic carbocycles. The van der Waals surface area contributed by atoms with Crippen molar-refractivity contribution in [1.29, 1.82) is 0 Å². The van der Waals surface area contributed by atoms with E-state index >= 15 is 0 Å². The Labute approximate surface area is 176 Å². The summed E-state index contributed by atoms with van der Waals surface area (Å²) in [6, 6.07) is 8.36. The van der Waals surface area contributed by atoms with Crippen molar-refractivity contribution < 1.29 is 22.3 Å². The molecule has 1 saturated carbocycles. The predicted molar refractivity (Wildman–Crippen MR) is 114 cm³/mol. The van der Waals surface area contributed by atoms with Crippen LogP contribution in [0.4, 0.5) is 10.1 Å². The molecule has 30 heavy (non-hydrogen) atoms. The van der Waals surface area contributed by atoms with Crippen LogP contribution in [0, 0.1) is 18.7 Å². The first-order chi connectivity index (χ1) is 14.2. The lowest BCUT2D eigenvalue weighted by Gasteiger charge is -2.29. The highest BCUT2D eigenvalue weighted by atomic mass is 32.2. The third kappa shape index (κ3) is 4.99. The number of rotatable bonds is 6. The number of carbonyl (C=O) groups is 1. The molecular weight excluding hydrogens is 407 g/mol. The molecule has 162 valence electrons. The molecule has 2 N–H and O–H groups in total. The van der Waals surface area contributed by atoms with Crippen molar-refractivity contribution in [3.63, 3.8) is 0 Å². The average molecular weight is 435 g/mol. The fourth-order valence-corrected chi connectivity index (χ4v) is 5.29. The summed E-state index contributed by atoms with van der Waals surface area (Å²) in [5, 5.41) is 2.50. The zero-order chi connectivity index (χ0) is 21.9. The minimum absolute atomic E-state index is 0.0365. The van der Waals surface area contributed by atoms with Gasteiger partial charge in [-0.25, -0.2) is 17.5 Å². The molecule has 8 heteroatoms. The fourth-order valence-electron chi connectivity index (χ4n) is 3.71. The Morgan fingerprint density at radius 1 is 1.13 bits per heavy atom. The number of halogens is 1. The van der Waals surface area contributed by atoms with Gasteiger partial charge in [0.2, 0.25) is 10.0 Å². The summed E-state index contributed by atoms with van der Waals surface area (Å²) < 4.78 is 48.1. The Hall–Kier alpha value is -2.45. The standard InChI is InChI=1S/C22H27FN2O4S/c1-14-8-10-17(23)19(12-14)24-22(26)16-9-11-20(29-3)21(13-16)30(27,28)25-18-7-5-4-6-15(18)2/h8-13,15,18,25H,4-7H2,1-3H3,(H,24,26). The first-order valence-electron chi connectivity index (χ1n) is 9.99. The molecule has 2 unspecified atom stereocenters. The molecule has 2 aromatic rings. The van der Waals surface area contributed by atoms with Crippen molar-refractivity contribution >= 4 is 21.6 Å². The van der Waals surface area contributed by atoms with Gasteiger partial charge in [-0.1, -0.05) is 25.8 Å². The zero-order valence-electron chi connectivity index (χ0n) is 17.4. The van der Waals surface area contributed by atoms with Crippen LogP contribution in [0.3, 0.4) is 0 Å². The number of sulfonamides is 1.